The van der Waals surface area contributed by atoms with Gasteiger partial charge in [-0.2, -0.15) is 0 Å². The number of thioether (sulfide) groups is 2. The van der Waals surface area contributed by atoms with Gasteiger partial charge in [-0.1, -0.05) is 29.4 Å². The van der Waals surface area contributed by atoms with Gasteiger partial charge in [0.15, 0.2) is 5.82 Å². The summed E-state index contributed by atoms with van der Waals surface area (Å²) in [4.78, 5) is 5.69. The quantitative estimate of drug-likeness (QED) is 0.284. The van der Waals surface area contributed by atoms with Gasteiger partial charge in [-0.3, -0.25) is 0 Å². The molecule has 4 rings (SSSR count). The number of nitrogen functional groups attached to an aromatic ring is 1. The van der Waals surface area contributed by atoms with Crippen LogP contribution in [0.1, 0.15) is 11.3 Å². The predicted octanol–water partition coefficient (Wildman–Crippen LogP) is 4.78. The zero-order valence-corrected chi connectivity index (χ0v) is 17.0. The molecule has 9 heteroatoms. The minimum Gasteiger partial charge on any atom is -0.469 e. The fourth-order valence-corrected chi connectivity index (χ4v) is 4.27. The van der Waals surface area contributed by atoms with Crippen LogP contribution in [0.2, 0.25) is 5.15 Å². The molecule has 0 aliphatic rings. The van der Waals surface area contributed by atoms with Crippen molar-refractivity contribution in [3.8, 4) is 11.4 Å². The zero-order chi connectivity index (χ0) is 19.0. The summed E-state index contributed by atoms with van der Waals surface area (Å²) in [6.07, 6.45) is 3.64. The SMILES string of the molecule is CSc1ccc2cc(CSc3nnc(-c4ccoc4C)n3N)c(Cl)nc2c1. The highest BCUT2D eigenvalue weighted by molar-refractivity contribution is 7.98. The molecular formula is C18H16ClN5OS2. The molecule has 0 radical (unpaired) electrons. The van der Waals surface area contributed by atoms with Crippen molar-refractivity contribution in [3.63, 3.8) is 0 Å². The van der Waals surface area contributed by atoms with E-state index < -0.39 is 0 Å². The average molecular weight is 418 g/mol. The Morgan fingerprint density at radius 2 is 2.07 bits per heavy atom. The van der Waals surface area contributed by atoms with Crippen LogP contribution in [0, 0.1) is 6.92 Å². The van der Waals surface area contributed by atoms with Gasteiger partial charge in [0.25, 0.3) is 0 Å². The topological polar surface area (TPSA) is 82.8 Å². The molecule has 0 spiro atoms. The maximum Gasteiger partial charge on any atom is 0.210 e. The normalized spacial score (nSPS) is 11.4. The van der Waals surface area contributed by atoms with Gasteiger partial charge in [0, 0.05) is 21.6 Å². The summed E-state index contributed by atoms with van der Waals surface area (Å²) in [6, 6.07) is 10.1. The summed E-state index contributed by atoms with van der Waals surface area (Å²) in [5.74, 6) is 8.07. The van der Waals surface area contributed by atoms with Gasteiger partial charge in [0.05, 0.1) is 17.3 Å². The third kappa shape index (κ3) is 3.52. The number of fused-ring (bicyclic) bond motifs is 1. The maximum absolute atomic E-state index is 6.39. The molecule has 0 unspecified atom stereocenters. The third-order valence-electron chi connectivity index (χ3n) is 4.17. The molecule has 0 atom stereocenters. The monoisotopic (exact) mass is 417 g/mol. The number of rotatable bonds is 5. The fourth-order valence-electron chi connectivity index (χ4n) is 2.71. The van der Waals surface area contributed by atoms with Crippen LogP contribution in [0.15, 0.2) is 51.1 Å². The number of furan rings is 1. The standard InChI is InChI=1S/C18H16ClN5OS2/c1-10-14(5-6-25-10)17-22-23-18(24(17)20)27-9-12-7-11-3-4-13(26-2)8-15(11)21-16(12)19/h3-8H,9,20H2,1-2H3. The van der Waals surface area contributed by atoms with E-state index in [9.17, 15) is 0 Å². The number of aromatic nitrogens is 4. The van der Waals surface area contributed by atoms with Crippen molar-refractivity contribution < 1.29 is 4.42 Å². The molecular weight excluding hydrogens is 402 g/mol. The Kier molecular flexibility index (Phi) is 5.03. The average Bonchev–Trinajstić information content (AvgIpc) is 3.24. The highest BCUT2D eigenvalue weighted by Crippen LogP contribution is 2.30. The molecule has 3 heterocycles. The summed E-state index contributed by atoms with van der Waals surface area (Å²) in [5.41, 5.74) is 2.64. The lowest BCUT2D eigenvalue weighted by molar-refractivity contribution is 0.535. The van der Waals surface area contributed by atoms with Crippen LogP contribution in [0.5, 0.6) is 0 Å². The van der Waals surface area contributed by atoms with Gasteiger partial charge in [-0.25, -0.2) is 9.66 Å². The minimum absolute atomic E-state index is 0.488. The molecule has 3 aromatic heterocycles. The Morgan fingerprint density at radius 1 is 1.22 bits per heavy atom. The van der Waals surface area contributed by atoms with Crippen LogP contribution in [0.4, 0.5) is 0 Å². The van der Waals surface area contributed by atoms with Gasteiger partial charge in [0.2, 0.25) is 5.16 Å². The Morgan fingerprint density at radius 3 is 2.81 bits per heavy atom. The third-order valence-corrected chi connectivity index (χ3v) is 6.22. The first-order valence-electron chi connectivity index (χ1n) is 8.07. The number of hydrogen-bond donors (Lipinski definition) is 1. The van der Waals surface area contributed by atoms with Crippen molar-refractivity contribution >= 4 is 46.0 Å². The molecule has 2 N–H and O–H groups in total. The number of halogens is 1. The molecule has 0 saturated carbocycles. The van der Waals surface area contributed by atoms with Crippen molar-refractivity contribution in [3.05, 3.63) is 53.1 Å². The Balaban J connectivity index is 1.58. The lowest BCUT2D eigenvalue weighted by atomic mass is 10.2. The Labute approximate surface area is 169 Å². The van der Waals surface area contributed by atoms with Crippen LogP contribution < -0.4 is 5.84 Å². The number of aryl methyl sites for hydroxylation is 1. The van der Waals surface area contributed by atoms with Crippen LogP contribution in [-0.2, 0) is 5.75 Å². The van der Waals surface area contributed by atoms with Crippen LogP contribution in [0.3, 0.4) is 0 Å². The molecule has 0 fully saturated rings. The van der Waals surface area contributed by atoms with Crippen molar-refractivity contribution in [2.75, 3.05) is 12.1 Å². The number of nitrogens with zero attached hydrogens (tertiary/aromatic N) is 4. The molecule has 1 aromatic carbocycles. The largest absolute Gasteiger partial charge is 0.469 e. The lowest BCUT2D eigenvalue weighted by Crippen LogP contribution is -2.11. The molecule has 138 valence electrons. The lowest BCUT2D eigenvalue weighted by Gasteiger charge is -2.07. The first-order chi connectivity index (χ1) is 13.1. The molecule has 4 aromatic rings. The first-order valence-corrected chi connectivity index (χ1v) is 10.7. The number of benzene rings is 1. The second-order valence-electron chi connectivity index (χ2n) is 5.85. The highest BCUT2D eigenvalue weighted by Gasteiger charge is 2.16. The summed E-state index contributed by atoms with van der Waals surface area (Å²) in [7, 11) is 0. The van der Waals surface area contributed by atoms with E-state index in [4.69, 9.17) is 21.9 Å². The summed E-state index contributed by atoms with van der Waals surface area (Å²) in [6.45, 7) is 1.86. The van der Waals surface area contributed by atoms with E-state index in [1.807, 2.05) is 25.3 Å². The number of pyridine rings is 1. The highest BCUT2D eigenvalue weighted by atomic mass is 35.5. The number of nitrogens with two attached hydrogens (primary N) is 1. The summed E-state index contributed by atoms with van der Waals surface area (Å²) < 4.78 is 6.78. The molecule has 0 aliphatic carbocycles. The van der Waals surface area contributed by atoms with E-state index in [0.29, 0.717) is 21.9 Å². The number of hydrogen-bond acceptors (Lipinski definition) is 7. The second kappa shape index (κ2) is 7.46. The first kappa shape index (κ1) is 18.2. The zero-order valence-electron chi connectivity index (χ0n) is 14.6. The maximum atomic E-state index is 6.39. The van der Waals surface area contributed by atoms with Crippen molar-refractivity contribution in [2.45, 2.75) is 22.7 Å². The van der Waals surface area contributed by atoms with E-state index in [-0.39, 0.29) is 0 Å². The van der Waals surface area contributed by atoms with Crippen molar-refractivity contribution in [1.29, 1.82) is 0 Å². The van der Waals surface area contributed by atoms with E-state index in [0.717, 1.165) is 32.7 Å². The van der Waals surface area contributed by atoms with Crippen molar-refractivity contribution in [2.24, 2.45) is 0 Å². The van der Waals surface area contributed by atoms with Crippen LogP contribution in [-0.4, -0.2) is 26.1 Å². The van der Waals surface area contributed by atoms with E-state index in [1.165, 1.54) is 16.4 Å². The second-order valence-corrected chi connectivity index (χ2v) is 8.03. The summed E-state index contributed by atoms with van der Waals surface area (Å²) in [5, 5.41) is 10.5. The van der Waals surface area contributed by atoms with E-state index in [1.54, 1.807) is 18.0 Å². The summed E-state index contributed by atoms with van der Waals surface area (Å²) >= 11 is 9.53. The minimum atomic E-state index is 0.488. The smallest absolute Gasteiger partial charge is 0.210 e. The van der Waals surface area contributed by atoms with E-state index in [2.05, 4.69) is 33.4 Å². The molecule has 27 heavy (non-hydrogen) atoms. The molecule has 0 aliphatic heterocycles. The molecule has 0 amide bonds. The fraction of sp³-hybridized carbons (Fsp3) is 0.167. The van der Waals surface area contributed by atoms with Crippen LogP contribution in [0.25, 0.3) is 22.3 Å². The Bertz CT molecular complexity index is 1120. The van der Waals surface area contributed by atoms with Gasteiger partial charge < -0.3 is 10.3 Å². The Hall–Kier alpha value is -2.16. The molecule has 0 bridgehead atoms. The van der Waals surface area contributed by atoms with E-state index >= 15 is 0 Å². The van der Waals surface area contributed by atoms with Crippen molar-refractivity contribution in [1.82, 2.24) is 19.9 Å². The van der Waals surface area contributed by atoms with Gasteiger partial charge >= 0.3 is 0 Å². The van der Waals surface area contributed by atoms with Gasteiger partial charge in [0.1, 0.15) is 10.9 Å². The predicted molar refractivity (Wildman–Crippen MR) is 111 cm³/mol. The van der Waals surface area contributed by atoms with Crippen LogP contribution >= 0.6 is 35.1 Å². The molecule has 6 nitrogen and oxygen atoms in total. The molecule has 0 saturated heterocycles. The van der Waals surface area contributed by atoms with Gasteiger partial charge in [-0.15, -0.1) is 22.0 Å². The van der Waals surface area contributed by atoms with Gasteiger partial charge in [-0.05, 0) is 37.4 Å².